The van der Waals surface area contributed by atoms with Crippen molar-refractivity contribution in [3.8, 4) is 11.5 Å². The Bertz CT molecular complexity index is 1150. The number of carbonyl (C=O) groups is 3. The zero-order valence-corrected chi connectivity index (χ0v) is 18.7. The summed E-state index contributed by atoms with van der Waals surface area (Å²) in [6, 6.07) is 7.08. The number of amides is 3. The fraction of sp³-hybridized carbons (Fsp3) is 0.190. The molecule has 12 heteroatoms. The van der Waals surface area contributed by atoms with E-state index in [0.717, 1.165) is 18.2 Å². The maximum atomic E-state index is 12.8. The Labute approximate surface area is 195 Å². The van der Waals surface area contributed by atoms with E-state index in [-0.39, 0.29) is 15.6 Å². The molecule has 1 N–H and O–H groups in total. The van der Waals surface area contributed by atoms with Gasteiger partial charge in [0.05, 0.1) is 29.7 Å². The van der Waals surface area contributed by atoms with Crippen molar-refractivity contribution in [2.45, 2.75) is 6.18 Å². The third kappa shape index (κ3) is 5.60. The number of ether oxygens (including phenoxy) is 2. The molecule has 3 amide bonds. The summed E-state index contributed by atoms with van der Waals surface area (Å²) in [7, 11) is 2.83. The van der Waals surface area contributed by atoms with Crippen LogP contribution in [0.1, 0.15) is 11.1 Å². The summed E-state index contributed by atoms with van der Waals surface area (Å²) in [5, 5.41) is 1.79. The van der Waals surface area contributed by atoms with Gasteiger partial charge in [0, 0.05) is 5.69 Å². The van der Waals surface area contributed by atoms with Crippen LogP contribution in [0, 0.1) is 0 Å². The molecule has 0 aliphatic carbocycles. The van der Waals surface area contributed by atoms with Gasteiger partial charge in [-0.05, 0) is 53.7 Å². The smallest absolute Gasteiger partial charge is 0.416 e. The van der Waals surface area contributed by atoms with Crippen LogP contribution in [-0.2, 0) is 15.8 Å². The van der Waals surface area contributed by atoms with E-state index >= 15 is 0 Å². The SMILES string of the molecule is COc1cc(/C=C2\SC(=O)N(CC(=O)Nc3cccc(C(F)(F)F)c3)C2=O)cc(Cl)c1OC. The molecular weight excluding hydrogens is 485 g/mol. The van der Waals surface area contributed by atoms with Crippen LogP contribution in [0.3, 0.4) is 0 Å². The maximum Gasteiger partial charge on any atom is 0.416 e. The number of alkyl halides is 3. The molecule has 0 atom stereocenters. The first-order valence-electron chi connectivity index (χ1n) is 9.17. The Morgan fingerprint density at radius 2 is 1.91 bits per heavy atom. The topological polar surface area (TPSA) is 84.9 Å². The van der Waals surface area contributed by atoms with E-state index in [9.17, 15) is 27.6 Å². The van der Waals surface area contributed by atoms with E-state index in [0.29, 0.717) is 33.7 Å². The van der Waals surface area contributed by atoms with Crippen molar-refractivity contribution < 1.29 is 37.0 Å². The normalized spacial score (nSPS) is 15.2. The van der Waals surface area contributed by atoms with E-state index in [4.69, 9.17) is 21.1 Å². The third-order valence-corrected chi connectivity index (χ3v) is 5.59. The van der Waals surface area contributed by atoms with E-state index in [1.165, 1.54) is 32.4 Å². The number of hydrogen-bond donors (Lipinski definition) is 1. The van der Waals surface area contributed by atoms with Crippen molar-refractivity contribution in [3.63, 3.8) is 0 Å². The molecule has 7 nitrogen and oxygen atoms in total. The highest BCUT2D eigenvalue weighted by Crippen LogP contribution is 2.38. The van der Waals surface area contributed by atoms with E-state index in [2.05, 4.69) is 5.32 Å². The zero-order chi connectivity index (χ0) is 24.3. The fourth-order valence-electron chi connectivity index (χ4n) is 2.93. The summed E-state index contributed by atoms with van der Waals surface area (Å²) in [5.74, 6) is -0.936. The summed E-state index contributed by atoms with van der Waals surface area (Å²) in [4.78, 5) is 37.9. The Morgan fingerprint density at radius 3 is 2.55 bits per heavy atom. The number of nitrogens with zero attached hydrogens (tertiary/aromatic N) is 1. The highest BCUT2D eigenvalue weighted by atomic mass is 35.5. The molecule has 0 aromatic heterocycles. The van der Waals surface area contributed by atoms with Crippen LogP contribution in [0.5, 0.6) is 11.5 Å². The molecule has 0 bridgehead atoms. The highest BCUT2D eigenvalue weighted by molar-refractivity contribution is 8.18. The summed E-state index contributed by atoms with van der Waals surface area (Å²) < 4.78 is 48.8. The van der Waals surface area contributed by atoms with Crippen LogP contribution in [-0.4, -0.2) is 42.7 Å². The predicted molar refractivity (Wildman–Crippen MR) is 117 cm³/mol. The molecule has 1 heterocycles. The second kappa shape index (κ2) is 9.75. The number of imide groups is 1. The number of methoxy groups -OCH3 is 2. The van der Waals surface area contributed by atoms with Crippen molar-refractivity contribution in [2.75, 3.05) is 26.1 Å². The molecule has 2 aromatic rings. The number of halogens is 4. The average molecular weight is 501 g/mol. The predicted octanol–water partition coefficient (Wildman–Crippen LogP) is 5.05. The number of anilines is 1. The number of carbonyl (C=O) groups excluding carboxylic acids is 3. The zero-order valence-electron chi connectivity index (χ0n) is 17.2. The van der Waals surface area contributed by atoms with Gasteiger partial charge >= 0.3 is 6.18 Å². The number of benzene rings is 2. The minimum Gasteiger partial charge on any atom is -0.493 e. The Balaban J connectivity index is 1.74. The van der Waals surface area contributed by atoms with Gasteiger partial charge in [0.25, 0.3) is 11.1 Å². The van der Waals surface area contributed by atoms with Crippen molar-refractivity contribution in [1.29, 1.82) is 0 Å². The lowest BCUT2D eigenvalue weighted by molar-refractivity contribution is -0.137. The van der Waals surface area contributed by atoms with Crippen LogP contribution < -0.4 is 14.8 Å². The first-order valence-corrected chi connectivity index (χ1v) is 10.4. The van der Waals surface area contributed by atoms with Gasteiger partial charge < -0.3 is 14.8 Å². The van der Waals surface area contributed by atoms with Gasteiger partial charge in [0.2, 0.25) is 5.91 Å². The van der Waals surface area contributed by atoms with Crippen LogP contribution in [0.4, 0.5) is 23.7 Å². The van der Waals surface area contributed by atoms with E-state index in [1.54, 1.807) is 6.07 Å². The van der Waals surface area contributed by atoms with Gasteiger partial charge in [-0.2, -0.15) is 13.2 Å². The minimum absolute atomic E-state index is 0.0372. The van der Waals surface area contributed by atoms with Gasteiger partial charge in [-0.1, -0.05) is 17.7 Å². The van der Waals surface area contributed by atoms with Crippen molar-refractivity contribution in [1.82, 2.24) is 4.90 Å². The van der Waals surface area contributed by atoms with Gasteiger partial charge in [-0.25, -0.2) is 0 Å². The molecule has 0 radical (unpaired) electrons. The highest BCUT2D eigenvalue weighted by Gasteiger charge is 2.36. The Morgan fingerprint density at radius 1 is 1.18 bits per heavy atom. The fourth-order valence-corrected chi connectivity index (χ4v) is 4.06. The summed E-state index contributed by atoms with van der Waals surface area (Å²) in [6.45, 7) is -0.662. The van der Waals surface area contributed by atoms with E-state index in [1.807, 2.05) is 0 Å². The number of thioether (sulfide) groups is 1. The Kier molecular flexibility index (Phi) is 7.23. The van der Waals surface area contributed by atoms with Gasteiger partial charge in [-0.15, -0.1) is 0 Å². The third-order valence-electron chi connectivity index (χ3n) is 4.40. The molecule has 2 aromatic carbocycles. The standard InChI is InChI=1S/C21H16ClF3N2O5S/c1-31-15-7-11(6-14(22)18(15)32-2)8-16-19(29)27(20(30)33-16)10-17(28)26-13-5-3-4-12(9-13)21(23,24)25/h3-9H,10H2,1-2H3,(H,26,28)/b16-8-. The molecule has 0 unspecified atom stereocenters. The molecule has 0 spiro atoms. The lowest BCUT2D eigenvalue weighted by atomic mass is 10.1. The minimum atomic E-state index is -4.58. The lowest BCUT2D eigenvalue weighted by Gasteiger charge is -2.13. The van der Waals surface area contributed by atoms with Gasteiger partial charge in [0.1, 0.15) is 6.54 Å². The lowest BCUT2D eigenvalue weighted by Crippen LogP contribution is -2.36. The second-order valence-corrected chi connectivity index (χ2v) is 8.03. The average Bonchev–Trinajstić information content (AvgIpc) is 3.00. The van der Waals surface area contributed by atoms with Crippen LogP contribution in [0.2, 0.25) is 5.02 Å². The second-order valence-electron chi connectivity index (χ2n) is 6.63. The Hall–Kier alpha value is -3.18. The number of nitrogens with one attached hydrogen (secondary N) is 1. The van der Waals surface area contributed by atoms with Crippen molar-refractivity contribution >= 4 is 52.2 Å². The summed E-state index contributed by atoms with van der Waals surface area (Å²) in [5.41, 5.74) is -0.600. The molecule has 1 saturated heterocycles. The quantitative estimate of drug-likeness (QED) is 0.559. The molecule has 0 saturated carbocycles. The first kappa shape index (κ1) is 24.5. The first-order chi connectivity index (χ1) is 15.5. The molecule has 1 aliphatic heterocycles. The summed E-state index contributed by atoms with van der Waals surface area (Å²) in [6.07, 6.45) is -3.17. The number of hydrogen-bond acceptors (Lipinski definition) is 6. The molecule has 33 heavy (non-hydrogen) atoms. The molecule has 3 rings (SSSR count). The van der Waals surface area contributed by atoms with Crippen molar-refractivity contribution in [2.24, 2.45) is 0 Å². The van der Waals surface area contributed by atoms with E-state index < -0.39 is 35.3 Å². The molecule has 174 valence electrons. The molecule has 1 fully saturated rings. The van der Waals surface area contributed by atoms with Crippen LogP contribution >= 0.6 is 23.4 Å². The summed E-state index contributed by atoms with van der Waals surface area (Å²) >= 11 is 6.77. The van der Waals surface area contributed by atoms with Crippen LogP contribution in [0.25, 0.3) is 6.08 Å². The van der Waals surface area contributed by atoms with Crippen LogP contribution in [0.15, 0.2) is 41.3 Å². The maximum absolute atomic E-state index is 12.8. The number of rotatable bonds is 6. The van der Waals surface area contributed by atoms with Crippen molar-refractivity contribution in [3.05, 3.63) is 57.5 Å². The monoisotopic (exact) mass is 500 g/mol. The molecular formula is C21H16ClF3N2O5S. The largest absolute Gasteiger partial charge is 0.493 e. The molecule has 1 aliphatic rings. The van der Waals surface area contributed by atoms with Gasteiger partial charge in [0.15, 0.2) is 11.5 Å². The van der Waals surface area contributed by atoms with Gasteiger partial charge in [-0.3, -0.25) is 19.3 Å².